The van der Waals surface area contributed by atoms with Crippen molar-refractivity contribution < 1.29 is 4.79 Å². The largest absolute Gasteiger partial charge is 0.331 e. The maximum absolute atomic E-state index is 11.9. The topological polar surface area (TPSA) is 73.1 Å². The molecule has 0 fully saturated rings. The van der Waals surface area contributed by atoms with Gasteiger partial charge in [-0.05, 0) is 13.8 Å². The van der Waals surface area contributed by atoms with E-state index in [0.29, 0.717) is 18.8 Å². The van der Waals surface area contributed by atoms with Gasteiger partial charge in [0.25, 0.3) is 5.56 Å². The molecule has 1 amide bonds. The molecule has 1 aromatic rings. The monoisotopic (exact) mass is 223 g/mol. The molecule has 1 aliphatic heterocycles. The third-order valence-electron chi connectivity index (χ3n) is 2.76. The first kappa shape index (κ1) is 10.7. The summed E-state index contributed by atoms with van der Waals surface area (Å²) in [7, 11) is 0. The fourth-order valence-electron chi connectivity index (χ4n) is 1.99. The smallest absolute Gasteiger partial charge is 0.320 e. The predicted molar refractivity (Wildman–Crippen MR) is 58.6 cm³/mol. The van der Waals surface area contributed by atoms with E-state index in [1.54, 1.807) is 6.92 Å². The van der Waals surface area contributed by atoms with E-state index in [1.807, 2.05) is 6.92 Å². The Balaban J connectivity index is 2.85. The molecule has 0 bridgehead atoms. The molecule has 1 aromatic heterocycles. The zero-order valence-corrected chi connectivity index (χ0v) is 9.24. The van der Waals surface area contributed by atoms with E-state index >= 15 is 0 Å². The molecule has 0 aromatic carbocycles. The average Bonchev–Trinajstić information content (AvgIpc) is 2.62. The summed E-state index contributed by atoms with van der Waals surface area (Å²) in [4.78, 5) is 35.0. The Hall–Kier alpha value is -1.85. The molecule has 1 N–H and O–H groups in total. The van der Waals surface area contributed by atoms with Crippen LogP contribution in [0.1, 0.15) is 19.5 Å². The van der Waals surface area contributed by atoms with Crippen LogP contribution in [0.2, 0.25) is 0 Å². The highest BCUT2D eigenvalue weighted by Crippen LogP contribution is 2.16. The van der Waals surface area contributed by atoms with Gasteiger partial charge in [0.1, 0.15) is 5.69 Å². The van der Waals surface area contributed by atoms with Gasteiger partial charge in [0.05, 0.1) is 12.1 Å². The van der Waals surface area contributed by atoms with Gasteiger partial charge < -0.3 is 5.32 Å². The number of nitrogens with zero attached hydrogens (tertiary/aromatic N) is 2. The lowest BCUT2D eigenvalue weighted by Gasteiger charge is -2.11. The number of hydrogen-bond donors (Lipinski definition) is 1. The zero-order chi connectivity index (χ0) is 11.9. The molecular weight excluding hydrogens is 210 g/mol. The average molecular weight is 223 g/mol. The lowest BCUT2D eigenvalue weighted by molar-refractivity contribution is -0.115. The third kappa shape index (κ3) is 1.30. The minimum atomic E-state index is -0.405. The highest BCUT2D eigenvalue weighted by Gasteiger charge is 2.26. The van der Waals surface area contributed by atoms with Crippen molar-refractivity contribution in [2.75, 3.05) is 5.32 Å². The molecule has 16 heavy (non-hydrogen) atoms. The summed E-state index contributed by atoms with van der Waals surface area (Å²) in [6.45, 7) is 4.30. The first-order chi connectivity index (χ1) is 7.60. The molecular formula is C10H13N3O3. The van der Waals surface area contributed by atoms with Crippen molar-refractivity contribution >= 4 is 11.6 Å². The fraction of sp³-hybridized carbons (Fsp3) is 0.500. The van der Waals surface area contributed by atoms with Crippen molar-refractivity contribution in [2.24, 2.45) is 0 Å². The van der Waals surface area contributed by atoms with Crippen molar-refractivity contribution in [3.63, 3.8) is 0 Å². The SMILES string of the molecule is CCn1c2c(c(=O)n(CC)c1=O)NC(=O)C2. The number of rotatable bonds is 2. The number of hydrogen-bond acceptors (Lipinski definition) is 3. The number of fused-ring (bicyclic) bond motifs is 1. The summed E-state index contributed by atoms with van der Waals surface area (Å²) < 4.78 is 2.60. The predicted octanol–water partition coefficient (Wildman–Crippen LogP) is -0.456. The van der Waals surface area contributed by atoms with Crippen LogP contribution in [-0.2, 0) is 24.3 Å². The van der Waals surface area contributed by atoms with Crippen molar-refractivity contribution in [3.8, 4) is 0 Å². The van der Waals surface area contributed by atoms with E-state index in [9.17, 15) is 14.4 Å². The summed E-state index contributed by atoms with van der Waals surface area (Å²) >= 11 is 0. The van der Waals surface area contributed by atoms with Gasteiger partial charge >= 0.3 is 5.69 Å². The van der Waals surface area contributed by atoms with E-state index < -0.39 is 5.56 Å². The molecule has 1 aliphatic rings. The van der Waals surface area contributed by atoms with E-state index in [0.717, 1.165) is 4.57 Å². The molecule has 0 atom stereocenters. The summed E-state index contributed by atoms with van der Waals surface area (Å²) in [6, 6.07) is 0. The number of aromatic nitrogens is 2. The molecule has 0 radical (unpaired) electrons. The van der Waals surface area contributed by atoms with Crippen LogP contribution in [0.4, 0.5) is 5.69 Å². The van der Waals surface area contributed by atoms with E-state index in [1.165, 1.54) is 4.57 Å². The van der Waals surface area contributed by atoms with Crippen LogP contribution in [0.5, 0.6) is 0 Å². The number of anilines is 1. The number of nitrogens with one attached hydrogen (secondary N) is 1. The highest BCUT2D eigenvalue weighted by molar-refractivity contribution is 5.98. The van der Waals surface area contributed by atoms with E-state index in [-0.39, 0.29) is 23.7 Å². The van der Waals surface area contributed by atoms with Crippen LogP contribution in [0.3, 0.4) is 0 Å². The van der Waals surface area contributed by atoms with Crippen molar-refractivity contribution in [1.29, 1.82) is 0 Å². The standard InChI is InChI=1S/C10H13N3O3/c1-3-12-6-5-7(14)11-8(6)9(15)13(4-2)10(12)16/h3-5H2,1-2H3,(H,11,14). The van der Waals surface area contributed by atoms with Gasteiger partial charge in [-0.2, -0.15) is 0 Å². The first-order valence-electron chi connectivity index (χ1n) is 5.26. The Morgan fingerprint density at radius 2 is 1.75 bits per heavy atom. The summed E-state index contributed by atoms with van der Waals surface area (Å²) in [5, 5.41) is 2.51. The van der Waals surface area contributed by atoms with Crippen LogP contribution in [0.25, 0.3) is 0 Å². The Morgan fingerprint density at radius 1 is 1.12 bits per heavy atom. The van der Waals surface area contributed by atoms with Gasteiger partial charge in [-0.1, -0.05) is 0 Å². The molecule has 86 valence electrons. The first-order valence-corrected chi connectivity index (χ1v) is 5.26. The lowest BCUT2D eigenvalue weighted by atomic mass is 10.3. The van der Waals surface area contributed by atoms with Crippen LogP contribution in [0, 0.1) is 0 Å². The van der Waals surface area contributed by atoms with Gasteiger partial charge in [0, 0.05) is 13.1 Å². The van der Waals surface area contributed by atoms with E-state index in [4.69, 9.17) is 0 Å². The van der Waals surface area contributed by atoms with Crippen LogP contribution in [0.15, 0.2) is 9.59 Å². The summed E-state index contributed by atoms with van der Waals surface area (Å²) in [5.41, 5.74) is 0.0174. The lowest BCUT2D eigenvalue weighted by Crippen LogP contribution is -2.40. The Bertz CT molecular complexity index is 568. The second-order valence-electron chi connectivity index (χ2n) is 3.62. The summed E-state index contributed by atoms with van der Waals surface area (Å²) in [5.74, 6) is -0.234. The maximum Gasteiger partial charge on any atom is 0.331 e. The zero-order valence-electron chi connectivity index (χ0n) is 9.24. The number of carbonyl (C=O) groups excluding carboxylic acids is 1. The highest BCUT2D eigenvalue weighted by atomic mass is 16.2. The second-order valence-corrected chi connectivity index (χ2v) is 3.62. The minimum absolute atomic E-state index is 0.109. The molecule has 2 rings (SSSR count). The molecule has 2 heterocycles. The van der Waals surface area contributed by atoms with Crippen LogP contribution in [-0.4, -0.2) is 15.0 Å². The molecule has 6 heteroatoms. The fourth-order valence-corrected chi connectivity index (χ4v) is 1.99. The van der Waals surface area contributed by atoms with Gasteiger partial charge in [0.2, 0.25) is 5.91 Å². The van der Waals surface area contributed by atoms with Gasteiger partial charge in [-0.15, -0.1) is 0 Å². The van der Waals surface area contributed by atoms with Gasteiger partial charge in [0.15, 0.2) is 0 Å². The van der Waals surface area contributed by atoms with E-state index in [2.05, 4.69) is 5.32 Å². The Kier molecular flexibility index (Phi) is 2.41. The van der Waals surface area contributed by atoms with Gasteiger partial charge in [-0.3, -0.25) is 18.7 Å². The van der Waals surface area contributed by atoms with Crippen LogP contribution < -0.4 is 16.6 Å². The Labute approximate surface area is 91.5 Å². The quantitative estimate of drug-likeness (QED) is 0.737. The number of carbonyl (C=O) groups is 1. The van der Waals surface area contributed by atoms with Crippen molar-refractivity contribution in [1.82, 2.24) is 9.13 Å². The summed E-state index contributed by atoms with van der Waals surface area (Å²) in [6.07, 6.45) is 0.109. The number of amides is 1. The molecule has 0 spiro atoms. The Morgan fingerprint density at radius 3 is 2.31 bits per heavy atom. The second kappa shape index (κ2) is 3.62. The normalized spacial score (nSPS) is 13.8. The third-order valence-corrected chi connectivity index (χ3v) is 2.76. The molecule has 0 unspecified atom stereocenters. The minimum Gasteiger partial charge on any atom is -0.320 e. The molecule has 0 aliphatic carbocycles. The van der Waals surface area contributed by atoms with Crippen LogP contribution >= 0.6 is 0 Å². The maximum atomic E-state index is 11.9. The molecule has 0 saturated heterocycles. The molecule has 6 nitrogen and oxygen atoms in total. The van der Waals surface area contributed by atoms with Crippen molar-refractivity contribution in [2.45, 2.75) is 33.4 Å². The van der Waals surface area contributed by atoms with Gasteiger partial charge in [-0.25, -0.2) is 4.79 Å². The molecule has 0 saturated carbocycles. The van der Waals surface area contributed by atoms with Crippen molar-refractivity contribution in [3.05, 3.63) is 26.5 Å².